The lowest BCUT2D eigenvalue weighted by Crippen LogP contribution is -2.35. The zero-order valence-corrected chi connectivity index (χ0v) is 11.9. The number of phenols is 1. The first kappa shape index (κ1) is 13.6. The molecule has 110 valence electrons. The highest BCUT2D eigenvalue weighted by Crippen LogP contribution is 2.18. The maximum Gasteiger partial charge on any atom is 0.251 e. The second kappa shape index (κ2) is 5.55. The minimum Gasteiger partial charge on any atom is -0.508 e. The van der Waals surface area contributed by atoms with Crippen LogP contribution in [0.15, 0.2) is 24.5 Å². The van der Waals surface area contributed by atoms with Gasteiger partial charge in [-0.3, -0.25) is 4.79 Å². The lowest BCUT2D eigenvalue weighted by Gasteiger charge is -2.16. The maximum atomic E-state index is 12.2. The van der Waals surface area contributed by atoms with E-state index in [9.17, 15) is 9.90 Å². The first-order valence-corrected chi connectivity index (χ1v) is 7.10. The highest BCUT2D eigenvalue weighted by Gasteiger charge is 2.19. The van der Waals surface area contributed by atoms with Crippen LogP contribution in [0.5, 0.6) is 5.75 Å². The summed E-state index contributed by atoms with van der Waals surface area (Å²) in [5, 5.41) is 20.7. The summed E-state index contributed by atoms with van der Waals surface area (Å²) in [6.07, 6.45) is 4.25. The SMILES string of the molecule is Cc1ccc(C(=O)NC2CCc3nncn3CC2)cc1O. The Labute approximate surface area is 122 Å². The van der Waals surface area contributed by atoms with E-state index in [4.69, 9.17) is 0 Å². The van der Waals surface area contributed by atoms with Gasteiger partial charge in [0.2, 0.25) is 0 Å². The Morgan fingerprint density at radius 2 is 2.29 bits per heavy atom. The zero-order valence-electron chi connectivity index (χ0n) is 11.9. The van der Waals surface area contributed by atoms with Crippen molar-refractivity contribution in [2.24, 2.45) is 0 Å². The van der Waals surface area contributed by atoms with E-state index in [2.05, 4.69) is 15.5 Å². The van der Waals surface area contributed by atoms with E-state index in [-0.39, 0.29) is 17.7 Å². The van der Waals surface area contributed by atoms with Crippen molar-refractivity contribution in [2.45, 2.75) is 38.8 Å². The molecule has 1 aromatic heterocycles. The average Bonchev–Trinajstić information content (AvgIpc) is 2.84. The number of benzene rings is 1. The van der Waals surface area contributed by atoms with Crippen LogP contribution in [0.1, 0.15) is 34.6 Å². The van der Waals surface area contributed by atoms with Crippen molar-refractivity contribution >= 4 is 5.91 Å². The fourth-order valence-electron chi connectivity index (χ4n) is 2.57. The summed E-state index contributed by atoms with van der Waals surface area (Å²) in [6.45, 7) is 2.62. The van der Waals surface area contributed by atoms with Crippen LogP contribution < -0.4 is 5.32 Å². The largest absolute Gasteiger partial charge is 0.508 e. The van der Waals surface area contributed by atoms with E-state index < -0.39 is 0 Å². The normalized spacial score (nSPS) is 17.9. The average molecular weight is 286 g/mol. The molecule has 0 saturated carbocycles. The van der Waals surface area contributed by atoms with Crippen LogP contribution in [0.3, 0.4) is 0 Å². The monoisotopic (exact) mass is 286 g/mol. The fourth-order valence-corrected chi connectivity index (χ4v) is 2.57. The van der Waals surface area contributed by atoms with Crippen molar-refractivity contribution in [2.75, 3.05) is 0 Å². The Morgan fingerprint density at radius 1 is 1.43 bits per heavy atom. The molecule has 1 aliphatic heterocycles. The van der Waals surface area contributed by atoms with Gasteiger partial charge in [0.25, 0.3) is 5.91 Å². The van der Waals surface area contributed by atoms with Crippen molar-refractivity contribution in [1.29, 1.82) is 0 Å². The minimum absolute atomic E-state index is 0.114. The molecule has 1 atom stereocenters. The maximum absolute atomic E-state index is 12.2. The van der Waals surface area contributed by atoms with Gasteiger partial charge in [-0.1, -0.05) is 6.07 Å². The number of amides is 1. The molecule has 0 radical (unpaired) electrons. The summed E-state index contributed by atoms with van der Waals surface area (Å²) < 4.78 is 2.03. The molecule has 21 heavy (non-hydrogen) atoms. The number of rotatable bonds is 2. The molecule has 2 N–H and O–H groups in total. The van der Waals surface area contributed by atoms with Gasteiger partial charge in [0.15, 0.2) is 0 Å². The smallest absolute Gasteiger partial charge is 0.251 e. The second-order valence-electron chi connectivity index (χ2n) is 5.44. The second-order valence-corrected chi connectivity index (χ2v) is 5.44. The third-order valence-corrected chi connectivity index (χ3v) is 3.94. The number of aromatic nitrogens is 3. The Morgan fingerprint density at radius 3 is 3.10 bits per heavy atom. The summed E-state index contributed by atoms with van der Waals surface area (Å²) in [5.41, 5.74) is 1.25. The van der Waals surface area contributed by atoms with Crippen molar-refractivity contribution in [1.82, 2.24) is 20.1 Å². The van der Waals surface area contributed by atoms with Gasteiger partial charge >= 0.3 is 0 Å². The molecule has 1 unspecified atom stereocenters. The predicted molar refractivity (Wildman–Crippen MR) is 77.1 cm³/mol. The van der Waals surface area contributed by atoms with Crippen molar-refractivity contribution < 1.29 is 9.90 Å². The van der Waals surface area contributed by atoms with Gasteiger partial charge in [0.1, 0.15) is 17.9 Å². The summed E-state index contributed by atoms with van der Waals surface area (Å²) in [6, 6.07) is 5.10. The third kappa shape index (κ3) is 2.89. The molecule has 1 aromatic carbocycles. The Balaban J connectivity index is 1.65. The van der Waals surface area contributed by atoms with E-state index in [1.807, 2.05) is 4.57 Å². The summed E-state index contributed by atoms with van der Waals surface area (Å²) in [5.74, 6) is 0.974. The Hall–Kier alpha value is -2.37. The number of hydrogen-bond acceptors (Lipinski definition) is 4. The Kier molecular flexibility index (Phi) is 3.60. The predicted octanol–water partition coefficient (Wildman–Crippen LogP) is 1.43. The molecule has 0 aliphatic carbocycles. The van der Waals surface area contributed by atoms with Crippen LogP contribution >= 0.6 is 0 Å². The van der Waals surface area contributed by atoms with Crippen LogP contribution in [-0.4, -0.2) is 31.8 Å². The summed E-state index contributed by atoms with van der Waals surface area (Å²) in [7, 11) is 0. The number of nitrogens with one attached hydrogen (secondary N) is 1. The Bertz CT molecular complexity index is 643. The van der Waals surface area contributed by atoms with Crippen LogP contribution in [0.25, 0.3) is 0 Å². The number of carbonyl (C=O) groups excluding carboxylic acids is 1. The molecule has 6 nitrogen and oxygen atoms in total. The zero-order chi connectivity index (χ0) is 14.8. The molecule has 1 amide bonds. The third-order valence-electron chi connectivity index (χ3n) is 3.94. The number of aromatic hydroxyl groups is 1. The number of carbonyl (C=O) groups is 1. The van der Waals surface area contributed by atoms with Gasteiger partial charge in [0.05, 0.1) is 0 Å². The molecule has 0 bridgehead atoms. The molecule has 1 aliphatic rings. The highest BCUT2D eigenvalue weighted by molar-refractivity contribution is 5.94. The quantitative estimate of drug-likeness (QED) is 0.875. The van der Waals surface area contributed by atoms with Gasteiger partial charge in [-0.15, -0.1) is 10.2 Å². The molecule has 0 saturated heterocycles. The highest BCUT2D eigenvalue weighted by atomic mass is 16.3. The van der Waals surface area contributed by atoms with Gasteiger partial charge < -0.3 is 15.0 Å². The minimum atomic E-state index is -0.145. The van der Waals surface area contributed by atoms with E-state index >= 15 is 0 Å². The molecular weight excluding hydrogens is 268 g/mol. The molecule has 2 aromatic rings. The number of hydrogen-bond donors (Lipinski definition) is 2. The van der Waals surface area contributed by atoms with Crippen LogP contribution in [0.2, 0.25) is 0 Å². The molecule has 2 heterocycles. The summed E-state index contributed by atoms with van der Waals surface area (Å²) in [4.78, 5) is 12.2. The first-order chi connectivity index (χ1) is 10.1. The van der Waals surface area contributed by atoms with Crippen LogP contribution in [0.4, 0.5) is 0 Å². The van der Waals surface area contributed by atoms with E-state index in [0.29, 0.717) is 5.56 Å². The first-order valence-electron chi connectivity index (χ1n) is 7.10. The lowest BCUT2D eigenvalue weighted by molar-refractivity contribution is 0.0932. The van der Waals surface area contributed by atoms with Crippen LogP contribution in [0, 0.1) is 6.92 Å². The number of nitrogens with zero attached hydrogens (tertiary/aromatic N) is 3. The van der Waals surface area contributed by atoms with E-state index in [1.54, 1.807) is 25.4 Å². The van der Waals surface area contributed by atoms with Gasteiger partial charge in [-0.25, -0.2) is 0 Å². The van der Waals surface area contributed by atoms with Crippen molar-refractivity contribution in [3.8, 4) is 5.75 Å². The topological polar surface area (TPSA) is 80.0 Å². The van der Waals surface area contributed by atoms with Gasteiger partial charge in [0, 0.05) is 24.6 Å². The van der Waals surface area contributed by atoms with Crippen LogP contribution in [-0.2, 0) is 13.0 Å². The van der Waals surface area contributed by atoms with Crippen molar-refractivity contribution in [3.63, 3.8) is 0 Å². The molecule has 3 rings (SSSR count). The van der Waals surface area contributed by atoms with Gasteiger partial charge in [-0.2, -0.15) is 0 Å². The lowest BCUT2D eigenvalue weighted by atomic mass is 10.1. The summed E-state index contributed by atoms with van der Waals surface area (Å²) >= 11 is 0. The van der Waals surface area contributed by atoms with Gasteiger partial charge in [-0.05, 0) is 37.5 Å². The van der Waals surface area contributed by atoms with E-state index in [0.717, 1.165) is 37.2 Å². The number of fused-ring (bicyclic) bond motifs is 1. The van der Waals surface area contributed by atoms with E-state index in [1.165, 1.54) is 6.07 Å². The fraction of sp³-hybridized carbons (Fsp3) is 0.400. The standard InChI is InChI=1S/C15H18N4O2/c1-10-2-3-11(8-13(10)20)15(21)17-12-4-5-14-18-16-9-19(14)7-6-12/h2-3,8-9,12,20H,4-7H2,1H3,(H,17,21). The number of phenolic OH excluding ortho intramolecular Hbond substituents is 1. The molecule has 0 fully saturated rings. The number of aryl methyl sites for hydroxylation is 3. The van der Waals surface area contributed by atoms with Crippen molar-refractivity contribution in [3.05, 3.63) is 41.5 Å². The molecule has 0 spiro atoms. The molecule has 6 heteroatoms. The molecular formula is C15H18N4O2.